The third-order valence-electron chi connectivity index (χ3n) is 5.29. The minimum absolute atomic E-state index is 0. The lowest BCUT2D eigenvalue weighted by Gasteiger charge is -2.10. The first-order valence-electron chi connectivity index (χ1n) is 14.9. The highest BCUT2D eigenvalue weighted by molar-refractivity contribution is 5.95. The molecule has 0 aromatic heterocycles. The van der Waals surface area contributed by atoms with Crippen LogP contribution in [0, 0.1) is 13.8 Å². The molecule has 41 heavy (non-hydrogen) atoms. The first kappa shape index (κ1) is 39.1. The SMILES string of the molecule is C.CC.CC.CC.CC.Cc1ccc2cccc(Nc3ccccc3)c2c1.Cc1ccccc1Nc1ccccc1.[HH]. The van der Waals surface area contributed by atoms with Gasteiger partial charge >= 0.3 is 0 Å². The predicted octanol–water partition coefficient (Wildman–Crippen LogP) is 13.6. The lowest BCUT2D eigenvalue weighted by atomic mass is 10.1. The van der Waals surface area contributed by atoms with Gasteiger partial charge in [0, 0.05) is 29.6 Å². The van der Waals surface area contributed by atoms with Gasteiger partial charge in [0.2, 0.25) is 0 Å². The molecule has 0 unspecified atom stereocenters. The summed E-state index contributed by atoms with van der Waals surface area (Å²) in [5, 5.41) is 9.38. The normalized spacial score (nSPS) is 8.54. The summed E-state index contributed by atoms with van der Waals surface area (Å²) in [4.78, 5) is 0. The molecule has 0 spiro atoms. The van der Waals surface area contributed by atoms with E-state index in [2.05, 4.69) is 97.3 Å². The van der Waals surface area contributed by atoms with E-state index in [-0.39, 0.29) is 8.85 Å². The van der Waals surface area contributed by atoms with Crippen molar-refractivity contribution >= 4 is 33.5 Å². The van der Waals surface area contributed by atoms with E-state index in [0.717, 1.165) is 17.1 Å². The zero-order valence-corrected chi connectivity index (χ0v) is 26.5. The topological polar surface area (TPSA) is 24.1 Å². The minimum Gasteiger partial charge on any atom is -0.355 e. The number of benzene rings is 5. The first-order chi connectivity index (χ1) is 19.7. The van der Waals surface area contributed by atoms with Crippen LogP contribution in [-0.2, 0) is 0 Å². The van der Waals surface area contributed by atoms with Crippen LogP contribution in [0.25, 0.3) is 10.8 Å². The second-order valence-electron chi connectivity index (χ2n) is 7.83. The van der Waals surface area contributed by atoms with Crippen molar-refractivity contribution in [1.82, 2.24) is 0 Å². The van der Waals surface area contributed by atoms with E-state index in [9.17, 15) is 0 Å². The molecule has 0 aliphatic rings. The van der Waals surface area contributed by atoms with Gasteiger partial charge in [-0.05, 0) is 67.3 Å². The second-order valence-corrected chi connectivity index (χ2v) is 7.83. The summed E-state index contributed by atoms with van der Waals surface area (Å²) in [6, 6.07) is 41.6. The molecule has 0 aliphatic carbocycles. The lowest BCUT2D eigenvalue weighted by molar-refractivity contribution is 1.43. The van der Waals surface area contributed by atoms with Gasteiger partial charge in [0.25, 0.3) is 0 Å². The molecule has 0 atom stereocenters. The minimum atomic E-state index is 0. The van der Waals surface area contributed by atoms with E-state index in [1.807, 2.05) is 104 Å². The Balaban J connectivity index is -0.000000573. The summed E-state index contributed by atoms with van der Waals surface area (Å²) >= 11 is 0. The van der Waals surface area contributed by atoms with Crippen LogP contribution >= 0.6 is 0 Å². The fourth-order valence-corrected chi connectivity index (χ4v) is 3.56. The Morgan fingerprint density at radius 3 is 1.39 bits per heavy atom. The number of para-hydroxylation sites is 3. The molecule has 5 aromatic rings. The molecule has 0 aliphatic heterocycles. The van der Waals surface area contributed by atoms with Crippen LogP contribution < -0.4 is 10.6 Å². The van der Waals surface area contributed by atoms with Crippen molar-refractivity contribution in [2.24, 2.45) is 0 Å². The zero-order valence-electron chi connectivity index (χ0n) is 26.5. The van der Waals surface area contributed by atoms with E-state index in [4.69, 9.17) is 0 Å². The van der Waals surface area contributed by atoms with Crippen molar-refractivity contribution in [1.29, 1.82) is 0 Å². The smallest absolute Gasteiger partial charge is 0.0464 e. The van der Waals surface area contributed by atoms with Gasteiger partial charge in [-0.2, -0.15) is 0 Å². The Labute approximate surface area is 254 Å². The summed E-state index contributed by atoms with van der Waals surface area (Å²) in [6.45, 7) is 20.2. The van der Waals surface area contributed by atoms with Gasteiger partial charge in [0.1, 0.15) is 0 Å². The van der Waals surface area contributed by atoms with Gasteiger partial charge in [-0.1, -0.05) is 147 Å². The second kappa shape index (κ2) is 25.0. The van der Waals surface area contributed by atoms with Gasteiger partial charge in [-0.3, -0.25) is 0 Å². The third kappa shape index (κ3) is 14.2. The molecule has 0 amide bonds. The van der Waals surface area contributed by atoms with Crippen LogP contribution in [0.4, 0.5) is 22.7 Å². The Bertz CT molecular complexity index is 1290. The molecule has 2 N–H and O–H groups in total. The Kier molecular flexibility index (Phi) is 23.8. The maximum Gasteiger partial charge on any atom is 0.0464 e. The molecule has 0 bridgehead atoms. The quantitative estimate of drug-likeness (QED) is 0.231. The molecular weight excluding hydrogens is 496 g/mol. The Hall–Kier alpha value is -4.04. The number of rotatable bonds is 4. The Morgan fingerprint density at radius 1 is 0.439 bits per heavy atom. The average Bonchev–Trinajstić information content (AvgIpc) is 3.04. The summed E-state index contributed by atoms with van der Waals surface area (Å²) in [5.74, 6) is 0. The lowest BCUT2D eigenvalue weighted by Crippen LogP contribution is -1.91. The van der Waals surface area contributed by atoms with E-state index in [1.54, 1.807) is 0 Å². The van der Waals surface area contributed by atoms with Gasteiger partial charge in [-0.25, -0.2) is 0 Å². The fraction of sp³-hybridized carbons (Fsp3) is 0.282. The highest BCUT2D eigenvalue weighted by atomic mass is 14.9. The van der Waals surface area contributed by atoms with Crippen molar-refractivity contribution in [2.75, 3.05) is 10.6 Å². The molecule has 2 heteroatoms. The van der Waals surface area contributed by atoms with E-state index in [1.165, 1.54) is 27.6 Å². The van der Waals surface area contributed by atoms with Crippen LogP contribution in [-0.4, -0.2) is 0 Å². The molecule has 0 heterocycles. The van der Waals surface area contributed by atoms with Crippen LogP contribution in [0.1, 0.15) is 75.4 Å². The van der Waals surface area contributed by atoms with E-state index < -0.39 is 0 Å². The van der Waals surface area contributed by atoms with Gasteiger partial charge in [0.05, 0.1) is 0 Å². The molecule has 2 nitrogen and oxygen atoms in total. The molecule has 0 saturated heterocycles. The fourth-order valence-electron chi connectivity index (χ4n) is 3.56. The molecule has 224 valence electrons. The highest BCUT2D eigenvalue weighted by Crippen LogP contribution is 2.27. The largest absolute Gasteiger partial charge is 0.355 e. The van der Waals surface area contributed by atoms with Gasteiger partial charge in [0.15, 0.2) is 0 Å². The predicted molar refractivity (Wildman–Crippen MR) is 194 cm³/mol. The molecule has 5 rings (SSSR count). The number of hydrogen-bond donors (Lipinski definition) is 2. The first-order valence-corrected chi connectivity index (χ1v) is 14.9. The van der Waals surface area contributed by atoms with Crippen LogP contribution in [0.5, 0.6) is 0 Å². The number of anilines is 4. The molecule has 0 saturated carbocycles. The molecular formula is C39H58N2. The van der Waals surface area contributed by atoms with E-state index >= 15 is 0 Å². The maximum atomic E-state index is 3.47. The standard InChI is InChI=1S/C17H15N.C13H13N.4C2H6.CH4.H2/c1-13-10-11-14-6-5-9-17(16(14)12-13)18-15-7-3-2-4-8-15;1-11-7-5-6-10-13(11)14-12-8-3-2-4-9-12;4*1-2;;/h2-12,18H,1H3;2-10,14H,1H3;4*1-2H3;1H4;1H. The zero-order chi connectivity index (χ0) is 30.2. The van der Waals surface area contributed by atoms with Crippen molar-refractivity contribution in [3.05, 3.63) is 132 Å². The number of aryl methyl sites for hydroxylation is 2. The van der Waals surface area contributed by atoms with Gasteiger partial charge < -0.3 is 10.6 Å². The van der Waals surface area contributed by atoms with Crippen molar-refractivity contribution in [3.63, 3.8) is 0 Å². The summed E-state index contributed by atoms with van der Waals surface area (Å²) in [7, 11) is 0. The van der Waals surface area contributed by atoms with Crippen LogP contribution in [0.2, 0.25) is 0 Å². The summed E-state index contributed by atoms with van der Waals surface area (Å²) in [5.41, 5.74) is 7.11. The van der Waals surface area contributed by atoms with Crippen molar-refractivity contribution in [3.8, 4) is 0 Å². The molecule has 0 fully saturated rings. The van der Waals surface area contributed by atoms with Crippen molar-refractivity contribution < 1.29 is 1.43 Å². The average molecular weight is 555 g/mol. The van der Waals surface area contributed by atoms with Crippen LogP contribution in [0.15, 0.2) is 121 Å². The monoisotopic (exact) mass is 554 g/mol. The maximum absolute atomic E-state index is 3.47. The van der Waals surface area contributed by atoms with Gasteiger partial charge in [-0.15, -0.1) is 0 Å². The number of hydrogen-bond acceptors (Lipinski definition) is 2. The van der Waals surface area contributed by atoms with E-state index in [0.29, 0.717) is 0 Å². The van der Waals surface area contributed by atoms with Crippen molar-refractivity contribution in [2.45, 2.75) is 76.7 Å². The molecule has 0 radical (unpaired) electrons. The number of fused-ring (bicyclic) bond motifs is 1. The van der Waals surface area contributed by atoms with Crippen LogP contribution in [0.3, 0.4) is 0 Å². The summed E-state index contributed by atoms with van der Waals surface area (Å²) < 4.78 is 0. The highest BCUT2D eigenvalue weighted by Gasteiger charge is 2.01. The Morgan fingerprint density at radius 2 is 0.878 bits per heavy atom. The molecule has 5 aromatic carbocycles. The summed E-state index contributed by atoms with van der Waals surface area (Å²) in [6.07, 6.45) is 0. The third-order valence-corrected chi connectivity index (χ3v) is 5.29. The number of nitrogens with one attached hydrogen (secondary N) is 2.